The Morgan fingerprint density at radius 1 is 1.21 bits per heavy atom. The number of carbonyl (C=O) groups excluding carboxylic acids is 2. The largest absolute Gasteiger partial charge is 0.493 e. The summed E-state index contributed by atoms with van der Waals surface area (Å²) in [5, 5.41) is 2.20. The zero-order chi connectivity index (χ0) is 20.0. The number of nitrogens with one attached hydrogen (secondary N) is 2. The minimum atomic E-state index is -3.63. The van der Waals surface area contributed by atoms with Gasteiger partial charge in [0, 0.05) is 25.8 Å². The smallest absolute Gasteiger partial charge is 0.324 e. The van der Waals surface area contributed by atoms with E-state index < -0.39 is 10.0 Å². The van der Waals surface area contributed by atoms with E-state index in [9.17, 15) is 18.0 Å². The van der Waals surface area contributed by atoms with Crippen LogP contribution in [0.1, 0.15) is 19.3 Å². The molecule has 0 spiro atoms. The highest BCUT2D eigenvalue weighted by atomic mass is 32.2. The molecule has 3 amide bonds. The lowest BCUT2D eigenvalue weighted by molar-refractivity contribution is -0.118. The number of hydrogen-bond donors (Lipinski definition) is 2. The molecule has 0 atom stereocenters. The number of imide groups is 1. The molecule has 1 aromatic carbocycles. The summed E-state index contributed by atoms with van der Waals surface area (Å²) in [6, 6.07) is 6.07. The summed E-state index contributed by atoms with van der Waals surface area (Å²) < 4.78 is 38.2. The van der Waals surface area contributed by atoms with Crippen molar-refractivity contribution < 1.29 is 27.5 Å². The van der Waals surface area contributed by atoms with Crippen molar-refractivity contribution in [3.8, 4) is 5.75 Å². The molecule has 1 aliphatic carbocycles. The lowest BCUT2D eigenvalue weighted by Gasteiger charge is -2.13. The van der Waals surface area contributed by atoms with Crippen LogP contribution in [0.5, 0.6) is 5.75 Å². The number of nitrogens with zero attached hydrogens (tertiary/aromatic N) is 1. The Balaban J connectivity index is 1.33. The predicted octanol–water partition coefficient (Wildman–Crippen LogP) is 0.712. The summed E-state index contributed by atoms with van der Waals surface area (Å²) in [6.07, 6.45) is 2.90. The molecule has 2 fully saturated rings. The number of ether oxygens (including phenoxy) is 2. The molecule has 10 heteroatoms. The van der Waals surface area contributed by atoms with Gasteiger partial charge in [0.1, 0.15) is 12.3 Å². The van der Waals surface area contributed by atoms with Gasteiger partial charge in [-0.15, -0.1) is 0 Å². The normalized spacial score (nSPS) is 17.1. The summed E-state index contributed by atoms with van der Waals surface area (Å²) >= 11 is 0. The lowest BCUT2D eigenvalue weighted by Crippen LogP contribution is -2.30. The van der Waals surface area contributed by atoms with Gasteiger partial charge in [-0.1, -0.05) is 6.07 Å². The molecular formula is C18H25N3O6S. The van der Waals surface area contributed by atoms with E-state index >= 15 is 0 Å². The maximum absolute atomic E-state index is 12.4. The molecule has 3 rings (SSSR count). The van der Waals surface area contributed by atoms with Crippen LogP contribution in [-0.2, 0) is 19.6 Å². The maximum Gasteiger partial charge on any atom is 0.324 e. The van der Waals surface area contributed by atoms with Crippen molar-refractivity contribution >= 4 is 22.0 Å². The summed E-state index contributed by atoms with van der Waals surface area (Å²) in [6.45, 7) is 1.82. The van der Waals surface area contributed by atoms with Crippen molar-refractivity contribution in [1.29, 1.82) is 0 Å². The Bertz CT molecular complexity index is 809. The van der Waals surface area contributed by atoms with Gasteiger partial charge < -0.3 is 14.4 Å². The number of amides is 3. The second-order valence-electron chi connectivity index (χ2n) is 6.87. The van der Waals surface area contributed by atoms with Gasteiger partial charge in [-0.2, -0.15) is 0 Å². The zero-order valence-electron chi connectivity index (χ0n) is 15.6. The van der Waals surface area contributed by atoms with Crippen LogP contribution in [0.25, 0.3) is 0 Å². The molecule has 0 unspecified atom stereocenters. The first-order chi connectivity index (χ1) is 13.4. The molecule has 1 saturated heterocycles. The van der Waals surface area contributed by atoms with Crippen LogP contribution in [0.4, 0.5) is 4.79 Å². The van der Waals surface area contributed by atoms with Gasteiger partial charge in [0.05, 0.1) is 18.1 Å². The van der Waals surface area contributed by atoms with Crippen LogP contribution in [0.2, 0.25) is 0 Å². The average Bonchev–Trinajstić information content (AvgIpc) is 3.43. The summed E-state index contributed by atoms with van der Waals surface area (Å²) in [5.74, 6) is 0.841. The van der Waals surface area contributed by atoms with Crippen molar-refractivity contribution in [2.45, 2.75) is 24.2 Å². The van der Waals surface area contributed by atoms with Gasteiger partial charge in [-0.25, -0.2) is 17.9 Å². The fourth-order valence-corrected chi connectivity index (χ4v) is 3.73. The van der Waals surface area contributed by atoms with Crippen LogP contribution in [0, 0.1) is 5.92 Å². The van der Waals surface area contributed by atoms with Crippen molar-refractivity contribution in [1.82, 2.24) is 14.9 Å². The fraction of sp³-hybridized carbons (Fsp3) is 0.556. The van der Waals surface area contributed by atoms with Crippen molar-refractivity contribution in [2.75, 3.05) is 39.5 Å². The Morgan fingerprint density at radius 3 is 2.75 bits per heavy atom. The van der Waals surface area contributed by atoms with Gasteiger partial charge >= 0.3 is 6.03 Å². The molecule has 9 nitrogen and oxygen atoms in total. The molecule has 154 valence electrons. The Kier molecular flexibility index (Phi) is 6.87. The highest BCUT2D eigenvalue weighted by Gasteiger charge is 2.25. The lowest BCUT2D eigenvalue weighted by atomic mass is 10.3. The van der Waals surface area contributed by atoms with E-state index in [-0.39, 0.29) is 36.5 Å². The average molecular weight is 411 g/mol. The van der Waals surface area contributed by atoms with Gasteiger partial charge in [0.25, 0.3) is 0 Å². The number of hydrogen-bond acceptors (Lipinski definition) is 6. The summed E-state index contributed by atoms with van der Waals surface area (Å²) in [7, 11) is -3.63. The van der Waals surface area contributed by atoms with E-state index in [1.54, 1.807) is 12.1 Å². The zero-order valence-corrected chi connectivity index (χ0v) is 16.4. The fourth-order valence-electron chi connectivity index (χ4n) is 2.68. The first-order valence-electron chi connectivity index (χ1n) is 9.33. The molecule has 1 aromatic rings. The molecule has 28 heavy (non-hydrogen) atoms. The molecule has 1 heterocycles. The Hall–Kier alpha value is -2.17. The van der Waals surface area contributed by atoms with Crippen LogP contribution < -0.4 is 14.8 Å². The van der Waals surface area contributed by atoms with E-state index in [0.717, 1.165) is 0 Å². The van der Waals surface area contributed by atoms with Gasteiger partial charge in [0.2, 0.25) is 15.9 Å². The quantitative estimate of drug-likeness (QED) is 0.387. The minimum Gasteiger partial charge on any atom is -0.493 e. The first kappa shape index (κ1) is 20.6. The minimum absolute atomic E-state index is 0.0715. The third kappa shape index (κ3) is 6.18. The van der Waals surface area contributed by atoms with Crippen LogP contribution in [-0.4, -0.2) is 64.7 Å². The van der Waals surface area contributed by atoms with Gasteiger partial charge in [0.15, 0.2) is 0 Å². The van der Waals surface area contributed by atoms with Crippen LogP contribution >= 0.6 is 0 Å². The number of rotatable bonds is 12. The molecule has 0 radical (unpaired) electrons. The Morgan fingerprint density at radius 2 is 2.04 bits per heavy atom. The van der Waals surface area contributed by atoms with Gasteiger partial charge in [-0.05, 0) is 37.3 Å². The van der Waals surface area contributed by atoms with Crippen LogP contribution in [0.3, 0.4) is 0 Å². The maximum atomic E-state index is 12.4. The van der Waals surface area contributed by atoms with E-state index in [4.69, 9.17) is 9.47 Å². The molecule has 2 aliphatic rings. The molecule has 0 bridgehead atoms. The topological polar surface area (TPSA) is 114 Å². The number of sulfonamides is 1. The SMILES string of the molecule is O=C1CN(CCCOCCNS(=O)(=O)c2cccc(OCC3CC3)c2)C(=O)N1. The Labute approximate surface area is 164 Å². The molecular weight excluding hydrogens is 386 g/mol. The summed E-state index contributed by atoms with van der Waals surface area (Å²) in [5.41, 5.74) is 0. The number of carbonyl (C=O) groups is 2. The van der Waals surface area contributed by atoms with E-state index in [0.29, 0.717) is 37.8 Å². The molecule has 1 saturated carbocycles. The molecule has 1 aliphatic heterocycles. The van der Waals surface area contributed by atoms with Crippen molar-refractivity contribution in [2.24, 2.45) is 5.92 Å². The molecule has 2 N–H and O–H groups in total. The van der Waals surface area contributed by atoms with Crippen molar-refractivity contribution in [3.63, 3.8) is 0 Å². The highest BCUT2D eigenvalue weighted by molar-refractivity contribution is 7.89. The first-order valence-corrected chi connectivity index (χ1v) is 10.8. The third-order valence-electron chi connectivity index (χ3n) is 4.42. The molecule has 0 aromatic heterocycles. The standard InChI is InChI=1S/C18H25N3O6S/c22-17-12-21(18(23)20-17)8-2-9-26-10-7-19-28(24,25)16-4-1-3-15(11-16)27-13-14-5-6-14/h1,3-4,11,14,19H,2,5-10,12-13H2,(H,20,22,23). The highest BCUT2D eigenvalue weighted by Crippen LogP contribution is 2.29. The number of urea groups is 1. The van der Waals surface area contributed by atoms with E-state index in [1.807, 2.05) is 0 Å². The monoisotopic (exact) mass is 411 g/mol. The van der Waals surface area contributed by atoms with E-state index in [2.05, 4.69) is 10.0 Å². The second kappa shape index (κ2) is 9.35. The number of benzene rings is 1. The summed E-state index contributed by atoms with van der Waals surface area (Å²) in [4.78, 5) is 24.0. The van der Waals surface area contributed by atoms with Crippen molar-refractivity contribution in [3.05, 3.63) is 24.3 Å². The second-order valence-corrected chi connectivity index (χ2v) is 8.63. The predicted molar refractivity (Wildman–Crippen MR) is 100 cm³/mol. The van der Waals surface area contributed by atoms with E-state index in [1.165, 1.54) is 29.9 Å². The third-order valence-corrected chi connectivity index (χ3v) is 5.88. The van der Waals surface area contributed by atoms with Gasteiger partial charge in [-0.3, -0.25) is 10.1 Å². The van der Waals surface area contributed by atoms with Crippen LogP contribution in [0.15, 0.2) is 29.2 Å².